The highest BCUT2D eigenvalue weighted by molar-refractivity contribution is 9.10. The van der Waals surface area contributed by atoms with Crippen molar-refractivity contribution in [3.05, 3.63) is 63.9 Å². The summed E-state index contributed by atoms with van der Waals surface area (Å²) in [6.07, 6.45) is 0. The molecule has 4 aromatic rings. The molecule has 4 rings (SSSR count). The van der Waals surface area contributed by atoms with Crippen LogP contribution < -0.4 is 5.32 Å². The number of thioether (sulfide) groups is 1. The Balaban J connectivity index is 1.38. The Morgan fingerprint density at radius 3 is 2.70 bits per heavy atom. The van der Waals surface area contributed by atoms with Gasteiger partial charge in [-0.1, -0.05) is 64.1 Å². The Morgan fingerprint density at radius 2 is 1.93 bits per heavy atom. The number of carbonyl (C=O) groups excluding carboxylic acids is 1. The van der Waals surface area contributed by atoms with Gasteiger partial charge < -0.3 is 9.88 Å². The molecule has 0 saturated heterocycles. The average Bonchev–Trinajstić information content (AvgIpc) is 3.34. The molecule has 152 valence electrons. The number of nitrogens with zero attached hydrogens (tertiary/aromatic N) is 4. The summed E-state index contributed by atoms with van der Waals surface area (Å²) in [6, 6.07) is 15.9. The number of anilines is 1. The van der Waals surface area contributed by atoms with Gasteiger partial charge in [0.15, 0.2) is 16.1 Å². The van der Waals surface area contributed by atoms with Gasteiger partial charge in [-0.15, -0.1) is 21.5 Å². The SMILES string of the molecule is Cc1ccccc1-c1nnc(SCC(=O)Nc2nc(-c3ccc(Br)cc3)cs2)n1C. The van der Waals surface area contributed by atoms with Gasteiger partial charge in [0.2, 0.25) is 5.91 Å². The van der Waals surface area contributed by atoms with E-state index in [9.17, 15) is 4.79 Å². The number of benzene rings is 2. The van der Waals surface area contributed by atoms with Crippen molar-refractivity contribution in [2.75, 3.05) is 11.1 Å². The van der Waals surface area contributed by atoms with Gasteiger partial charge in [0.05, 0.1) is 11.4 Å². The van der Waals surface area contributed by atoms with E-state index in [4.69, 9.17) is 0 Å². The molecule has 1 amide bonds. The van der Waals surface area contributed by atoms with Crippen LogP contribution in [0.15, 0.2) is 63.5 Å². The van der Waals surface area contributed by atoms with E-state index < -0.39 is 0 Å². The molecule has 0 aliphatic carbocycles. The van der Waals surface area contributed by atoms with E-state index in [1.807, 2.05) is 72.4 Å². The van der Waals surface area contributed by atoms with Gasteiger partial charge in [-0.25, -0.2) is 4.98 Å². The fourth-order valence-corrected chi connectivity index (χ4v) is 4.58. The maximum atomic E-state index is 12.4. The van der Waals surface area contributed by atoms with Crippen molar-refractivity contribution in [2.24, 2.45) is 7.05 Å². The predicted octanol–water partition coefficient (Wildman–Crippen LogP) is 5.41. The van der Waals surface area contributed by atoms with Crippen molar-refractivity contribution in [2.45, 2.75) is 12.1 Å². The first-order valence-electron chi connectivity index (χ1n) is 9.11. The zero-order valence-electron chi connectivity index (χ0n) is 16.3. The van der Waals surface area contributed by atoms with Crippen LogP contribution in [-0.4, -0.2) is 31.4 Å². The van der Waals surface area contributed by atoms with E-state index >= 15 is 0 Å². The Hall–Kier alpha value is -2.49. The summed E-state index contributed by atoms with van der Waals surface area (Å²) < 4.78 is 2.93. The number of rotatable bonds is 6. The van der Waals surface area contributed by atoms with Crippen LogP contribution >= 0.6 is 39.0 Å². The van der Waals surface area contributed by atoms with Crippen LogP contribution in [0.5, 0.6) is 0 Å². The molecule has 0 aliphatic rings. The number of aromatic nitrogens is 4. The second-order valence-electron chi connectivity index (χ2n) is 6.56. The Bertz CT molecular complexity index is 1190. The molecule has 0 saturated carbocycles. The van der Waals surface area contributed by atoms with E-state index in [-0.39, 0.29) is 11.7 Å². The molecule has 2 aromatic carbocycles. The molecular weight excluding hydrogens is 482 g/mol. The summed E-state index contributed by atoms with van der Waals surface area (Å²) in [6.45, 7) is 2.04. The predicted molar refractivity (Wildman–Crippen MR) is 126 cm³/mol. The molecule has 1 N–H and O–H groups in total. The van der Waals surface area contributed by atoms with Crippen LogP contribution in [0.1, 0.15) is 5.56 Å². The Morgan fingerprint density at radius 1 is 1.17 bits per heavy atom. The monoisotopic (exact) mass is 499 g/mol. The average molecular weight is 500 g/mol. The molecule has 6 nitrogen and oxygen atoms in total. The van der Waals surface area contributed by atoms with E-state index in [1.54, 1.807) is 0 Å². The van der Waals surface area contributed by atoms with Crippen molar-refractivity contribution in [1.82, 2.24) is 19.7 Å². The first-order chi connectivity index (χ1) is 14.5. The second kappa shape index (κ2) is 9.11. The van der Waals surface area contributed by atoms with Crippen molar-refractivity contribution >= 4 is 50.1 Å². The number of carbonyl (C=O) groups is 1. The molecule has 2 aromatic heterocycles. The van der Waals surface area contributed by atoms with Gasteiger partial charge in [-0.3, -0.25) is 4.79 Å². The number of hydrogen-bond acceptors (Lipinski definition) is 6. The van der Waals surface area contributed by atoms with Crippen LogP contribution in [0.2, 0.25) is 0 Å². The van der Waals surface area contributed by atoms with Crippen LogP contribution in [0.25, 0.3) is 22.6 Å². The third kappa shape index (κ3) is 4.63. The lowest BCUT2D eigenvalue weighted by molar-refractivity contribution is -0.113. The normalized spacial score (nSPS) is 10.9. The summed E-state index contributed by atoms with van der Waals surface area (Å²) in [5.74, 6) is 0.889. The van der Waals surface area contributed by atoms with Crippen LogP contribution in [0.3, 0.4) is 0 Å². The first-order valence-corrected chi connectivity index (χ1v) is 11.8. The van der Waals surface area contributed by atoms with Crippen molar-refractivity contribution in [1.29, 1.82) is 0 Å². The molecular formula is C21H18BrN5OS2. The van der Waals surface area contributed by atoms with Gasteiger partial charge in [-0.2, -0.15) is 0 Å². The van der Waals surface area contributed by atoms with Crippen LogP contribution in [0, 0.1) is 6.92 Å². The van der Waals surface area contributed by atoms with Gasteiger partial charge in [0.1, 0.15) is 0 Å². The third-order valence-electron chi connectivity index (χ3n) is 4.44. The zero-order chi connectivity index (χ0) is 21.1. The molecule has 2 heterocycles. The summed E-state index contributed by atoms with van der Waals surface area (Å²) >= 11 is 6.18. The summed E-state index contributed by atoms with van der Waals surface area (Å²) in [4.78, 5) is 16.9. The number of amides is 1. The molecule has 0 aliphatic heterocycles. The molecule has 0 fully saturated rings. The molecule has 9 heteroatoms. The number of thiazole rings is 1. The lowest BCUT2D eigenvalue weighted by Gasteiger charge is -2.06. The van der Waals surface area contributed by atoms with E-state index in [0.29, 0.717) is 10.3 Å². The lowest BCUT2D eigenvalue weighted by atomic mass is 10.1. The molecule has 0 unspecified atom stereocenters. The van der Waals surface area contributed by atoms with Crippen LogP contribution in [-0.2, 0) is 11.8 Å². The van der Waals surface area contributed by atoms with Gasteiger partial charge in [0.25, 0.3) is 0 Å². The number of halogens is 1. The maximum absolute atomic E-state index is 12.4. The maximum Gasteiger partial charge on any atom is 0.236 e. The topological polar surface area (TPSA) is 72.7 Å². The smallest absolute Gasteiger partial charge is 0.236 e. The standard InChI is InChI=1S/C21H18BrN5OS2/c1-13-5-3-4-6-16(13)19-25-26-21(27(19)2)30-12-18(28)24-20-23-17(11-29-20)14-7-9-15(22)10-8-14/h3-11H,12H2,1-2H3,(H,23,24,28). The minimum atomic E-state index is -0.128. The quantitative estimate of drug-likeness (QED) is 0.359. The van der Waals surface area contributed by atoms with Crippen molar-refractivity contribution in [3.8, 4) is 22.6 Å². The third-order valence-corrected chi connectivity index (χ3v) is 6.75. The Kier molecular flexibility index (Phi) is 6.31. The highest BCUT2D eigenvalue weighted by atomic mass is 79.9. The number of hydrogen-bond donors (Lipinski definition) is 1. The molecule has 30 heavy (non-hydrogen) atoms. The van der Waals surface area contributed by atoms with Gasteiger partial charge in [-0.05, 0) is 24.6 Å². The Labute approximate surface area is 190 Å². The summed E-state index contributed by atoms with van der Waals surface area (Å²) in [5.41, 5.74) is 4.01. The second-order valence-corrected chi connectivity index (χ2v) is 9.28. The fraction of sp³-hybridized carbons (Fsp3) is 0.143. The van der Waals surface area contributed by atoms with Crippen molar-refractivity contribution < 1.29 is 4.79 Å². The van der Waals surface area contributed by atoms with E-state index in [0.717, 1.165) is 32.7 Å². The van der Waals surface area contributed by atoms with E-state index in [2.05, 4.69) is 36.4 Å². The molecule has 0 atom stereocenters. The summed E-state index contributed by atoms with van der Waals surface area (Å²) in [5, 5.41) is 14.6. The molecule has 0 spiro atoms. The lowest BCUT2D eigenvalue weighted by Crippen LogP contribution is -2.14. The fourth-order valence-electron chi connectivity index (χ4n) is 2.87. The largest absolute Gasteiger partial charge is 0.305 e. The molecule has 0 bridgehead atoms. The van der Waals surface area contributed by atoms with Crippen molar-refractivity contribution in [3.63, 3.8) is 0 Å². The van der Waals surface area contributed by atoms with Crippen LogP contribution in [0.4, 0.5) is 5.13 Å². The van der Waals surface area contributed by atoms with E-state index in [1.165, 1.54) is 23.1 Å². The molecule has 0 radical (unpaired) electrons. The minimum Gasteiger partial charge on any atom is -0.305 e. The minimum absolute atomic E-state index is 0.128. The van der Waals surface area contributed by atoms with Gasteiger partial charge >= 0.3 is 0 Å². The highest BCUT2D eigenvalue weighted by Crippen LogP contribution is 2.27. The van der Waals surface area contributed by atoms with Gasteiger partial charge in [0, 0.05) is 28.0 Å². The zero-order valence-corrected chi connectivity index (χ0v) is 19.5. The number of nitrogens with one attached hydrogen (secondary N) is 1. The summed E-state index contributed by atoms with van der Waals surface area (Å²) in [7, 11) is 1.91. The number of aryl methyl sites for hydroxylation is 1. The first kappa shape index (κ1) is 20.8. The highest BCUT2D eigenvalue weighted by Gasteiger charge is 2.15.